The van der Waals surface area contributed by atoms with Crippen molar-refractivity contribution in [1.29, 1.82) is 0 Å². The summed E-state index contributed by atoms with van der Waals surface area (Å²) in [5.74, 6) is -3.77. The van der Waals surface area contributed by atoms with Gasteiger partial charge in [-0.15, -0.1) is 5.75 Å². The van der Waals surface area contributed by atoms with Crippen molar-refractivity contribution in [2.45, 2.75) is 12.1 Å². The first-order valence-corrected chi connectivity index (χ1v) is 7.70. The molecule has 0 heterocycles. The van der Waals surface area contributed by atoms with Crippen molar-refractivity contribution in [3.8, 4) is 11.5 Å². The van der Waals surface area contributed by atoms with Crippen molar-refractivity contribution in [1.82, 2.24) is 0 Å². The van der Waals surface area contributed by atoms with E-state index in [2.05, 4.69) is 10.6 Å². The second-order valence-corrected chi connectivity index (χ2v) is 5.35. The predicted octanol–water partition coefficient (Wildman–Crippen LogP) is -0.507. The molecular formula is C18H15MnN2O6-2. The molecule has 0 aliphatic carbocycles. The molecule has 2 atom stereocenters. The van der Waals surface area contributed by atoms with Crippen LogP contribution in [0.5, 0.6) is 11.5 Å². The summed E-state index contributed by atoms with van der Waals surface area (Å²) in [6, 6.07) is 8.46. The Bertz CT molecular complexity index is 720. The largest absolute Gasteiger partial charge is 3.00 e. The minimum atomic E-state index is -1.54. The summed E-state index contributed by atoms with van der Waals surface area (Å²) >= 11 is 0. The molecule has 0 bridgehead atoms. The molecule has 0 spiro atoms. The average molecular weight is 410 g/mol. The Morgan fingerprint density at radius 1 is 0.852 bits per heavy atom. The number of carboxylic acids is 2. The minimum absolute atomic E-state index is 0. The predicted molar refractivity (Wildman–Crippen MR) is 85.9 cm³/mol. The van der Waals surface area contributed by atoms with Crippen LogP contribution in [0.3, 0.4) is 0 Å². The minimum Gasteiger partial charge on any atom is -0.872 e. The molecule has 0 amide bonds. The fourth-order valence-corrected chi connectivity index (χ4v) is 2.40. The van der Waals surface area contributed by atoms with Crippen molar-refractivity contribution >= 4 is 11.9 Å². The Morgan fingerprint density at radius 2 is 1.30 bits per heavy atom. The molecule has 8 nitrogen and oxygen atoms in total. The molecule has 9 heteroatoms. The summed E-state index contributed by atoms with van der Waals surface area (Å²) in [5, 5.41) is 51.7. The maximum atomic E-state index is 11.7. The van der Waals surface area contributed by atoms with Gasteiger partial charge in [0.2, 0.25) is 0 Å². The molecular weight excluding hydrogens is 395 g/mol. The van der Waals surface area contributed by atoms with Gasteiger partial charge in [0.1, 0.15) is 5.75 Å². The molecule has 0 saturated heterocycles. The summed E-state index contributed by atoms with van der Waals surface area (Å²) in [7, 11) is 0. The van der Waals surface area contributed by atoms with Gasteiger partial charge >= 0.3 is 17.1 Å². The second kappa shape index (κ2) is 10.5. The van der Waals surface area contributed by atoms with E-state index in [1.54, 1.807) is 6.07 Å². The first-order valence-electron chi connectivity index (χ1n) is 7.70. The van der Waals surface area contributed by atoms with Crippen LogP contribution in [-0.2, 0) is 26.7 Å². The normalized spacial score (nSPS) is 12.6. The van der Waals surface area contributed by atoms with Crippen molar-refractivity contribution < 1.29 is 47.1 Å². The van der Waals surface area contributed by atoms with Gasteiger partial charge in [0.15, 0.2) is 0 Å². The first-order chi connectivity index (χ1) is 12.4. The third-order valence-corrected chi connectivity index (χ3v) is 3.61. The monoisotopic (exact) mass is 410 g/mol. The van der Waals surface area contributed by atoms with Crippen LogP contribution in [-0.4, -0.2) is 30.1 Å². The van der Waals surface area contributed by atoms with Gasteiger partial charge in [-0.25, -0.2) is 0 Å². The number of aromatic hydroxyl groups is 1. The van der Waals surface area contributed by atoms with Gasteiger partial charge in [-0.1, -0.05) is 60.1 Å². The number of carbonyl (C=O) groups is 2. The molecule has 0 radical (unpaired) electrons. The topological polar surface area (TPSA) is 152 Å². The van der Waals surface area contributed by atoms with Crippen LogP contribution in [0.1, 0.15) is 23.2 Å². The summed E-state index contributed by atoms with van der Waals surface area (Å²) in [4.78, 5) is 22.5. The van der Waals surface area contributed by atoms with Crippen LogP contribution >= 0.6 is 0 Å². The van der Waals surface area contributed by atoms with Crippen molar-refractivity contribution in [3.63, 3.8) is 0 Å². The first kappa shape index (κ1) is 22.5. The molecule has 27 heavy (non-hydrogen) atoms. The van der Waals surface area contributed by atoms with E-state index in [-0.39, 0.29) is 47.0 Å². The van der Waals surface area contributed by atoms with E-state index in [1.807, 2.05) is 0 Å². The summed E-state index contributed by atoms with van der Waals surface area (Å²) in [6.07, 6.45) is 0. The van der Waals surface area contributed by atoms with Crippen molar-refractivity contribution in [2.75, 3.05) is 13.1 Å². The van der Waals surface area contributed by atoms with Gasteiger partial charge < -0.3 is 40.6 Å². The van der Waals surface area contributed by atoms with Crippen LogP contribution < -0.4 is 15.3 Å². The Morgan fingerprint density at radius 3 is 1.78 bits per heavy atom. The fourth-order valence-electron chi connectivity index (χ4n) is 2.40. The number of rotatable bonds is 9. The maximum absolute atomic E-state index is 11.7. The van der Waals surface area contributed by atoms with Crippen LogP contribution in [0.4, 0.5) is 0 Å². The smallest absolute Gasteiger partial charge is 0.872 e. The van der Waals surface area contributed by atoms with E-state index >= 15 is 0 Å². The van der Waals surface area contributed by atoms with E-state index in [4.69, 9.17) is 0 Å². The van der Waals surface area contributed by atoms with Crippen LogP contribution in [0.25, 0.3) is 10.6 Å². The number of carboxylic acid groups (broad SMARTS) is 2. The van der Waals surface area contributed by atoms with Crippen LogP contribution in [0.15, 0.2) is 48.5 Å². The van der Waals surface area contributed by atoms with Gasteiger partial charge in [0.05, 0.1) is 0 Å². The molecule has 2 rings (SSSR count). The van der Waals surface area contributed by atoms with E-state index in [9.17, 15) is 30.0 Å². The van der Waals surface area contributed by atoms with E-state index in [0.717, 1.165) is 0 Å². The Hall–Kier alpha value is -2.58. The number of hydrogen-bond acceptors (Lipinski definition) is 6. The van der Waals surface area contributed by atoms with Gasteiger partial charge in [0, 0.05) is 11.9 Å². The standard InChI is InChI=1S/C18H18N2O6.Mn/c21-13-7-3-1-5-11(13)15(17(23)24)19-9-10-20-16(18(25)26)12-6-2-4-8-14(12)22;/h1-8,15-16,21-22H,9-10H2,(H,23,24)(H,25,26);/q-2;+3/p-3. The molecule has 0 aromatic heterocycles. The summed E-state index contributed by atoms with van der Waals surface area (Å²) < 4.78 is 0. The zero-order chi connectivity index (χ0) is 19.1. The number of phenolic OH excluding ortho intramolecular Hbond substituents is 1. The number of phenols is 1. The van der Waals surface area contributed by atoms with Crippen molar-refractivity contribution in [2.24, 2.45) is 0 Å². The van der Waals surface area contributed by atoms with E-state index in [0.29, 0.717) is 0 Å². The molecule has 1 N–H and O–H groups in total. The molecule has 2 aromatic rings. The quantitative estimate of drug-likeness (QED) is 0.434. The second-order valence-electron chi connectivity index (χ2n) is 5.35. The van der Waals surface area contributed by atoms with Crippen molar-refractivity contribution in [3.05, 3.63) is 70.3 Å². The SMILES string of the molecule is O=C([O-])C([N-]CC[N-]C(C(=O)[O-])c1ccccc1O)c1ccccc1[O-].[Mn+3]. The molecule has 2 aromatic carbocycles. The van der Waals surface area contributed by atoms with E-state index < -0.39 is 29.8 Å². The molecule has 2 unspecified atom stereocenters. The third-order valence-electron chi connectivity index (χ3n) is 3.61. The molecule has 0 fully saturated rings. The van der Waals surface area contributed by atoms with Crippen LogP contribution in [0.2, 0.25) is 0 Å². The molecule has 142 valence electrons. The third kappa shape index (κ3) is 5.97. The summed E-state index contributed by atoms with van der Waals surface area (Å²) in [5.41, 5.74) is 0.0264. The zero-order valence-electron chi connectivity index (χ0n) is 13.9. The Balaban J connectivity index is 0.00000364. The maximum Gasteiger partial charge on any atom is 3.00 e. The number of benzene rings is 2. The molecule has 0 aliphatic rings. The van der Waals surface area contributed by atoms with Crippen LogP contribution in [0, 0.1) is 0 Å². The number of aliphatic carboxylic acids is 2. The zero-order valence-corrected chi connectivity index (χ0v) is 15.1. The van der Waals surface area contributed by atoms with Gasteiger partial charge in [0.25, 0.3) is 0 Å². The van der Waals surface area contributed by atoms with Gasteiger partial charge in [-0.3, -0.25) is 0 Å². The number of para-hydroxylation sites is 2. The molecule has 0 saturated carbocycles. The Kier molecular flexibility index (Phi) is 8.77. The number of nitrogens with zero attached hydrogens (tertiary/aromatic N) is 2. The summed E-state index contributed by atoms with van der Waals surface area (Å²) in [6.45, 7) is -0.290. The van der Waals surface area contributed by atoms with Gasteiger partial charge in [-0.2, -0.15) is 13.1 Å². The Labute approximate surface area is 166 Å². The fraction of sp³-hybridized carbons (Fsp3) is 0.222. The number of hydrogen-bond donors (Lipinski definition) is 1. The molecule has 0 aliphatic heterocycles. The van der Waals surface area contributed by atoms with Gasteiger partial charge in [-0.05, 0) is 11.6 Å². The number of carbonyl (C=O) groups excluding carboxylic acids is 2. The average Bonchev–Trinajstić information content (AvgIpc) is 2.59. The van der Waals surface area contributed by atoms with E-state index in [1.165, 1.54) is 42.5 Å².